The summed E-state index contributed by atoms with van der Waals surface area (Å²) in [6, 6.07) is 7.71. The van der Waals surface area contributed by atoms with Crippen LogP contribution in [0.25, 0.3) is 10.9 Å². The van der Waals surface area contributed by atoms with Crippen LogP contribution in [0.4, 0.5) is 0 Å². The minimum Gasteiger partial charge on any atom is -0.466 e. The number of amides is 1. The molecule has 0 spiro atoms. The minimum absolute atomic E-state index is 0.175. The third-order valence-electron chi connectivity index (χ3n) is 3.06. The van der Waals surface area contributed by atoms with Crippen molar-refractivity contribution >= 4 is 22.8 Å². The number of rotatable bonds is 5. The molecule has 0 saturated carbocycles. The topological polar surface area (TPSA) is 60.3 Å². The van der Waals surface area contributed by atoms with Crippen LogP contribution in [0.2, 0.25) is 0 Å². The smallest absolute Gasteiger partial charge is 0.307 e. The highest BCUT2D eigenvalue weighted by molar-refractivity contribution is 6.07. The zero-order valence-electron chi connectivity index (χ0n) is 11.7. The van der Waals surface area contributed by atoms with Crippen molar-refractivity contribution in [3.63, 3.8) is 0 Å². The lowest BCUT2D eigenvalue weighted by Crippen LogP contribution is -2.26. The summed E-state index contributed by atoms with van der Waals surface area (Å²) in [7, 11) is 1.90. The first kappa shape index (κ1) is 14.1. The van der Waals surface area contributed by atoms with Gasteiger partial charge < -0.3 is 14.6 Å². The van der Waals surface area contributed by atoms with Gasteiger partial charge >= 0.3 is 5.97 Å². The fraction of sp³-hybridized carbons (Fsp3) is 0.333. The molecule has 0 aliphatic rings. The molecule has 0 atom stereocenters. The minimum atomic E-state index is -0.300. The Kier molecular flexibility index (Phi) is 4.40. The van der Waals surface area contributed by atoms with Crippen LogP contribution < -0.4 is 5.32 Å². The first-order valence-electron chi connectivity index (χ1n) is 6.61. The van der Waals surface area contributed by atoms with E-state index >= 15 is 0 Å². The molecule has 0 fully saturated rings. The van der Waals surface area contributed by atoms with Crippen LogP contribution in [0.1, 0.15) is 23.7 Å². The number of fused-ring (bicyclic) bond motifs is 1. The van der Waals surface area contributed by atoms with Crippen molar-refractivity contribution in [2.45, 2.75) is 13.3 Å². The number of carbonyl (C=O) groups is 2. The standard InChI is InChI=1S/C15H18N2O3/c1-3-20-14(18)8-9-16-15(19)12-10-17(2)13-7-5-4-6-11(12)13/h4-7,10H,3,8-9H2,1-2H3,(H,16,19). The van der Waals surface area contributed by atoms with E-state index in [0.717, 1.165) is 10.9 Å². The second kappa shape index (κ2) is 6.23. The number of carbonyl (C=O) groups excluding carboxylic acids is 2. The quantitative estimate of drug-likeness (QED) is 0.847. The van der Waals surface area contributed by atoms with Crippen molar-refractivity contribution in [3.05, 3.63) is 36.0 Å². The predicted molar refractivity (Wildman–Crippen MR) is 76.5 cm³/mol. The highest BCUT2D eigenvalue weighted by atomic mass is 16.5. The van der Waals surface area contributed by atoms with E-state index in [9.17, 15) is 9.59 Å². The highest BCUT2D eigenvalue weighted by Gasteiger charge is 2.13. The van der Waals surface area contributed by atoms with Gasteiger partial charge in [0.05, 0.1) is 18.6 Å². The van der Waals surface area contributed by atoms with E-state index in [1.165, 1.54) is 0 Å². The molecule has 20 heavy (non-hydrogen) atoms. The Labute approximate surface area is 117 Å². The van der Waals surface area contributed by atoms with Crippen molar-refractivity contribution in [3.8, 4) is 0 Å². The monoisotopic (exact) mass is 274 g/mol. The molecule has 1 amide bonds. The van der Waals surface area contributed by atoms with Crippen LogP contribution in [0.3, 0.4) is 0 Å². The summed E-state index contributed by atoms with van der Waals surface area (Å²) >= 11 is 0. The van der Waals surface area contributed by atoms with Gasteiger partial charge in [0.1, 0.15) is 0 Å². The average molecular weight is 274 g/mol. The zero-order valence-corrected chi connectivity index (χ0v) is 11.7. The number of esters is 1. The summed E-state index contributed by atoms with van der Waals surface area (Å²) in [4.78, 5) is 23.3. The Bertz CT molecular complexity index is 631. The zero-order chi connectivity index (χ0) is 14.5. The van der Waals surface area contributed by atoms with E-state index in [1.807, 2.05) is 35.9 Å². The first-order valence-corrected chi connectivity index (χ1v) is 6.61. The fourth-order valence-electron chi connectivity index (χ4n) is 2.13. The number of ether oxygens (including phenoxy) is 1. The number of nitrogens with one attached hydrogen (secondary N) is 1. The molecule has 0 bridgehead atoms. The van der Waals surface area contributed by atoms with Crippen LogP contribution in [-0.4, -0.2) is 29.6 Å². The van der Waals surface area contributed by atoms with Crippen LogP contribution in [0.15, 0.2) is 30.5 Å². The number of hydrogen-bond acceptors (Lipinski definition) is 3. The third-order valence-corrected chi connectivity index (χ3v) is 3.06. The van der Waals surface area contributed by atoms with Crippen molar-refractivity contribution in [2.75, 3.05) is 13.2 Å². The Morgan fingerprint density at radius 2 is 2.05 bits per heavy atom. The molecule has 1 aromatic heterocycles. The van der Waals surface area contributed by atoms with Crippen LogP contribution >= 0.6 is 0 Å². The maximum atomic E-state index is 12.1. The molecule has 0 unspecified atom stereocenters. The fourth-order valence-corrected chi connectivity index (χ4v) is 2.13. The van der Waals surface area contributed by atoms with Crippen molar-refractivity contribution in [2.24, 2.45) is 7.05 Å². The van der Waals surface area contributed by atoms with Gasteiger partial charge in [-0.15, -0.1) is 0 Å². The number of aromatic nitrogens is 1. The van der Waals surface area contributed by atoms with Crippen molar-refractivity contribution < 1.29 is 14.3 Å². The third kappa shape index (κ3) is 2.99. The molecule has 1 heterocycles. The molecule has 0 saturated heterocycles. The van der Waals surface area contributed by atoms with E-state index < -0.39 is 0 Å². The van der Waals surface area contributed by atoms with Gasteiger partial charge in [0.15, 0.2) is 0 Å². The van der Waals surface area contributed by atoms with Crippen LogP contribution in [0, 0.1) is 0 Å². The average Bonchev–Trinajstić information content (AvgIpc) is 2.77. The van der Waals surface area contributed by atoms with Gasteiger partial charge in [-0.05, 0) is 13.0 Å². The summed E-state index contributed by atoms with van der Waals surface area (Å²) in [5.74, 6) is -0.475. The number of nitrogens with zero attached hydrogens (tertiary/aromatic N) is 1. The highest BCUT2D eigenvalue weighted by Crippen LogP contribution is 2.19. The van der Waals surface area contributed by atoms with Crippen molar-refractivity contribution in [1.82, 2.24) is 9.88 Å². The molecule has 5 heteroatoms. The molecular formula is C15H18N2O3. The predicted octanol–water partition coefficient (Wildman–Crippen LogP) is 1.86. The van der Waals surface area contributed by atoms with Gasteiger partial charge in [-0.1, -0.05) is 18.2 Å². The molecule has 1 aromatic carbocycles. The SMILES string of the molecule is CCOC(=O)CCNC(=O)c1cn(C)c2ccccc12. The summed E-state index contributed by atoms with van der Waals surface area (Å²) in [5.41, 5.74) is 1.62. The molecule has 0 aliphatic heterocycles. The molecule has 106 valence electrons. The normalized spacial score (nSPS) is 10.5. The van der Waals surface area contributed by atoms with E-state index in [-0.39, 0.29) is 24.8 Å². The van der Waals surface area contributed by atoms with Gasteiger partial charge in [-0.3, -0.25) is 9.59 Å². The van der Waals surface area contributed by atoms with Crippen molar-refractivity contribution in [1.29, 1.82) is 0 Å². The lowest BCUT2D eigenvalue weighted by molar-refractivity contribution is -0.142. The number of aryl methyl sites for hydroxylation is 1. The molecule has 0 aliphatic carbocycles. The van der Waals surface area contributed by atoms with Gasteiger partial charge in [0.2, 0.25) is 0 Å². The largest absolute Gasteiger partial charge is 0.466 e. The second-order valence-electron chi connectivity index (χ2n) is 4.48. The Balaban J connectivity index is 2.03. The molecule has 1 N–H and O–H groups in total. The number of benzene rings is 1. The Hall–Kier alpha value is -2.30. The summed E-state index contributed by atoms with van der Waals surface area (Å²) in [6.45, 7) is 2.39. The van der Waals surface area contributed by atoms with E-state index in [4.69, 9.17) is 4.74 Å². The van der Waals surface area contributed by atoms with Crippen LogP contribution in [0.5, 0.6) is 0 Å². The first-order chi connectivity index (χ1) is 9.63. The Morgan fingerprint density at radius 3 is 2.80 bits per heavy atom. The van der Waals surface area contributed by atoms with Gasteiger partial charge in [-0.25, -0.2) is 0 Å². The second-order valence-corrected chi connectivity index (χ2v) is 4.48. The summed E-state index contributed by atoms with van der Waals surface area (Å²) < 4.78 is 6.72. The van der Waals surface area contributed by atoms with Gasteiger partial charge in [0.25, 0.3) is 5.91 Å². The van der Waals surface area contributed by atoms with E-state index in [0.29, 0.717) is 12.2 Å². The lowest BCUT2D eigenvalue weighted by atomic mass is 10.1. The number of para-hydroxylation sites is 1. The molecule has 5 nitrogen and oxygen atoms in total. The summed E-state index contributed by atoms with van der Waals surface area (Å²) in [5, 5.41) is 3.65. The molecule has 2 aromatic rings. The Morgan fingerprint density at radius 1 is 1.30 bits per heavy atom. The van der Waals surface area contributed by atoms with Gasteiger partial charge in [-0.2, -0.15) is 0 Å². The van der Waals surface area contributed by atoms with Crippen LogP contribution in [-0.2, 0) is 16.6 Å². The molecular weight excluding hydrogens is 256 g/mol. The molecule has 0 radical (unpaired) electrons. The number of hydrogen-bond donors (Lipinski definition) is 1. The van der Waals surface area contributed by atoms with E-state index in [1.54, 1.807) is 13.1 Å². The van der Waals surface area contributed by atoms with E-state index in [2.05, 4.69) is 5.32 Å². The maximum Gasteiger partial charge on any atom is 0.307 e. The summed E-state index contributed by atoms with van der Waals surface area (Å²) in [6.07, 6.45) is 1.98. The molecule has 2 rings (SSSR count). The van der Waals surface area contributed by atoms with Gasteiger partial charge in [0, 0.05) is 30.7 Å². The maximum absolute atomic E-state index is 12.1. The lowest BCUT2D eigenvalue weighted by Gasteiger charge is -2.04.